The number of rotatable bonds is 4. The van der Waals surface area contributed by atoms with Crippen LogP contribution in [-0.4, -0.2) is 19.6 Å². The summed E-state index contributed by atoms with van der Waals surface area (Å²) in [7, 11) is -3.72. The van der Waals surface area contributed by atoms with Crippen molar-refractivity contribution in [1.82, 2.24) is 4.72 Å². The van der Waals surface area contributed by atoms with Crippen molar-refractivity contribution < 1.29 is 17.9 Å². The van der Waals surface area contributed by atoms with E-state index in [4.69, 9.17) is 11.6 Å². The summed E-state index contributed by atoms with van der Waals surface area (Å²) in [5, 5.41) is 9.84. The van der Waals surface area contributed by atoms with Gasteiger partial charge in [-0.15, -0.1) is 0 Å². The Labute approximate surface area is 151 Å². The minimum atomic E-state index is -3.72. The first kappa shape index (κ1) is 17.9. The summed E-state index contributed by atoms with van der Waals surface area (Å²) in [6.07, 6.45) is 3.46. The smallest absolute Gasteiger partial charge is 0.241 e. The standard InChI is InChI=1S/C18H17ClFNO3S/c19-13-6-9-17(18(20)10-13)12-4-7-16(8-5-12)25(23,24)21-14-2-1-3-15(22)11-14/h4-11,14,21-22H,1-3H2. The monoisotopic (exact) mass is 381 g/mol. The molecule has 1 atom stereocenters. The van der Waals surface area contributed by atoms with Gasteiger partial charge < -0.3 is 5.11 Å². The van der Waals surface area contributed by atoms with Gasteiger partial charge in [-0.1, -0.05) is 23.7 Å². The number of hydrogen-bond acceptors (Lipinski definition) is 3. The number of hydrogen-bond donors (Lipinski definition) is 2. The lowest BCUT2D eigenvalue weighted by Crippen LogP contribution is -2.34. The fourth-order valence-electron chi connectivity index (χ4n) is 2.80. The molecule has 0 aliphatic heterocycles. The molecule has 2 aromatic rings. The van der Waals surface area contributed by atoms with Crippen LogP contribution in [0.25, 0.3) is 11.1 Å². The molecule has 1 aliphatic rings. The Hall–Kier alpha value is -1.89. The second kappa shape index (κ2) is 7.15. The van der Waals surface area contributed by atoms with Crippen molar-refractivity contribution in [2.45, 2.75) is 30.2 Å². The van der Waals surface area contributed by atoms with Gasteiger partial charge in [0.1, 0.15) is 5.82 Å². The Morgan fingerprint density at radius 1 is 1.16 bits per heavy atom. The van der Waals surface area contributed by atoms with E-state index in [1.54, 1.807) is 24.3 Å². The van der Waals surface area contributed by atoms with E-state index in [2.05, 4.69) is 4.72 Å². The number of halogens is 2. The molecule has 2 N–H and O–H groups in total. The van der Waals surface area contributed by atoms with Gasteiger partial charge in [-0.2, -0.15) is 0 Å². The van der Waals surface area contributed by atoms with Crippen LogP contribution in [0.5, 0.6) is 0 Å². The lowest BCUT2D eigenvalue weighted by Gasteiger charge is -2.19. The van der Waals surface area contributed by atoms with Crippen LogP contribution in [0.2, 0.25) is 5.02 Å². The number of allylic oxidation sites excluding steroid dienone is 1. The summed E-state index contributed by atoms with van der Waals surface area (Å²) in [5.74, 6) is -0.267. The Morgan fingerprint density at radius 3 is 2.52 bits per heavy atom. The fourth-order valence-corrected chi connectivity index (χ4v) is 4.17. The highest BCUT2D eigenvalue weighted by Crippen LogP contribution is 2.26. The van der Waals surface area contributed by atoms with Crippen molar-refractivity contribution in [3.05, 3.63) is 65.1 Å². The minimum Gasteiger partial charge on any atom is -0.513 e. The molecule has 4 nitrogen and oxygen atoms in total. The number of nitrogens with one attached hydrogen (secondary N) is 1. The maximum Gasteiger partial charge on any atom is 0.241 e. The average Bonchev–Trinajstić information content (AvgIpc) is 2.54. The topological polar surface area (TPSA) is 66.4 Å². The Bertz CT molecular complexity index is 910. The number of sulfonamides is 1. The van der Waals surface area contributed by atoms with Crippen molar-refractivity contribution in [2.75, 3.05) is 0 Å². The normalized spacial score (nSPS) is 18.0. The zero-order chi connectivity index (χ0) is 18.0. The highest BCUT2D eigenvalue weighted by atomic mass is 35.5. The summed E-state index contributed by atoms with van der Waals surface area (Å²) in [6, 6.07) is 9.88. The molecule has 0 saturated heterocycles. The molecule has 0 fully saturated rings. The van der Waals surface area contributed by atoms with E-state index in [1.807, 2.05) is 0 Å². The second-order valence-electron chi connectivity index (χ2n) is 5.93. The molecule has 1 aliphatic carbocycles. The Morgan fingerprint density at radius 2 is 1.88 bits per heavy atom. The average molecular weight is 382 g/mol. The van der Waals surface area contributed by atoms with Gasteiger partial charge in [-0.3, -0.25) is 0 Å². The van der Waals surface area contributed by atoms with Crippen molar-refractivity contribution in [3.8, 4) is 11.1 Å². The molecule has 0 heterocycles. The van der Waals surface area contributed by atoms with Crippen molar-refractivity contribution in [1.29, 1.82) is 0 Å². The van der Waals surface area contributed by atoms with Crippen LogP contribution in [0.15, 0.2) is 59.2 Å². The van der Waals surface area contributed by atoms with Gasteiger partial charge in [-0.25, -0.2) is 17.5 Å². The lowest BCUT2D eigenvalue weighted by molar-refractivity contribution is 0.358. The van der Waals surface area contributed by atoms with Crippen molar-refractivity contribution >= 4 is 21.6 Å². The van der Waals surface area contributed by atoms with Gasteiger partial charge in [0, 0.05) is 23.0 Å². The molecule has 0 aromatic heterocycles. The quantitative estimate of drug-likeness (QED) is 0.823. The maximum absolute atomic E-state index is 14.0. The molecule has 7 heteroatoms. The molecule has 25 heavy (non-hydrogen) atoms. The molecule has 1 unspecified atom stereocenters. The molecule has 0 spiro atoms. The summed E-state index contributed by atoms with van der Waals surface area (Å²) in [6.45, 7) is 0. The fraction of sp³-hybridized carbons (Fsp3) is 0.222. The first-order chi connectivity index (χ1) is 11.8. The Balaban J connectivity index is 1.82. The van der Waals surface area contributed by atoms with Crippen LogP contribution >= 0.6 is 11.6 Å². The van der Waals surface area contributed by atoms with Gasteiger partial charge in [0.2, 0.25) is 10.0 Å². The van der Waals surface area contributed by atoms with E-state index in [1.165, 1.54) is 24.3 Å². The van der Waals surface area contributed by atoms with Gasteiger partial charge in [0.25, 0.3) is 0 Å². The Kier molecular flexibility index (Phi) is 5.13. The first-order valence-electron chi connectivity index (χ1n) is 7.83. The van der Waals surface area contributed by atoms with Crippen LogP contribution in [0.1, 0.15) is 19.3 Å². The molecular formula is C18H17ClFNO3S. The van der Waals surface area contributed by atoms with E-state index in [0.717, 1.165) is 6.42 Å². The van der Waals surface area contributed by atoms with Crippen LogP contribution in [0.4, 0.5) is 4.39 Å². The highest BCUT2D eigenvalue weighted by Gasteiger charge is 2.21. The number of benzene rings is 2. The molecular weight excluding hydrogens is 365 g/mol. The second-order valence-corrected chi connectivity index (χ2v) is 8.08. The zero-order valence-corrected chi connectivity index (χ0v) is 14.8. The summed E-state index contributed by atoms with van der Waals surface area (Å²) in [4.78, 5) is 0.0871. The van der Waals surface area contributed by atoms with Gasteiger partial charge in [0.15, 0.2) is 0 Å². The molecule has 0 saturated carbocycles. The molecule has 132 valence electrons. The number of aliphatic hydroxyl groups excluding tert-OH is 1. The largest absolute Gasteiger partial charge is 0.513 e. The molecule has 0 radical (unpaired) electrons. The van der Waals surface area contributed by atoms with Gasteiger partial charge in [-0.05, 0) is 54.8 Å². The minimum absolute atomic E-state index is 0.0871. The van der Waals surface area contributed by atoms with Crippen LogP contribution < -0.4 is 4.72 Å². The third kappa shape index (κ3) is 4.21. The summed E-state index contributed by atoms with van der Waals surface area (Å²) < 4.78 is 41.4. The van der Waals surface area contributed by atoms with Crippen molar-refractivity contribution in [3.63, 3.8) is 0 Å². The third-order valence-corrected chi connectivity index (χ3v) is 5.80. The van der Waals surface area contributed by atoms with Crippen LogP contribution in [0.3, 0.4) is 0 Å². The van der Waals surface area contributed by atoms with E-state index >= 15 is 0 Å². The SMILES string of the molecule is O=S(=O)(NC1C=C(O)CCC1)c1ccc(-c2ccc(Cl)cc2F)cc1. The van der Waals surface area contributed by atoms with E-state index in [0.29, 0.717) is 29.0 Å². The predicted molar refractivity (Wildman–Crippen MR) is 95.5 cm³/mol. The van der Waals surface area contributed by atoms with E-state index in [9.17, 15) is 17.9 Å². The summed E-state index contributed by atoms with van der Waals surface area (Å²) >= 11 is 5.74. The zero-order valence-electron chi connectivity index (χ0n) is 13.2. The molecule has 3 rings (SSSR count). The number of aliphatic hydroxyl groups is 1. The lowest BCUT2D eigenvalue weighted by atomic mass is 10.0. The highest BCUT2D eigenvalue weighted by molar-refractivity contribution is 7.89. The van der Waals surface area contributed by atoms with E-state index < -0.39 is 21.9 Å². The van der Waals surface area contributed by atoms with Crippen LogP contribution in [0, 0.1) is 5.82 Å². The summed E-state index contributed by atoms with van der Waals surface area (Å²) in [5.41, 5.74) is 0.907. The van der Waals surface area contributed by atoms with Gasteiger partial charge >= 0.3 is 0 Å². The maximum atomic E-state index is 14.0. The van der Waals surface area contributed by atoms with Crippen LogP contribution in [-0.2, 0) is 10.0 Å². The molecule has 0 bridgehead atoms. The molecule has 0 amide bonds. The first-order valence-corrected chi connectivity index (χ1v) is 9.69. The van der Waals surface area contributed by atoms with E-state index in [-0.39, 0.29) is 10.7 Å². The van der Waals surface area contributed by atoms with Crippen molar-refractivity contribution in [2.24, 2.45) is 0 Å². The predicted octanol–water partition coefficient (Wildman–Crippen LogP) is 4.42. The van der Waals surface area contributed by atoms with Gasteiger partial charge in [0.05, 0.1) is 10.7 Å². The third-order valence-electron chi connectivity index (χ3n) is 4.05. The molecule has 2 aromatic carbocycles.